The van der Waals surface area contributed by atoms with E-state index in [2.05, 4.69) is 20.6 Å². The summed E-state index contributed by atoms with van der Waals surface area (Å²) in [6.07, 6.45) is 1.75. The van der Waals surface area contributed by atoms with Crippen molar-refractivity contribution >= 4 is 5.96 Å². The molecule has 2 heterocycles. The van der Waals surface area contributed by atoms with Gasteiger partial charge in [0.2, 0.25) is 0 Å². The largest absolute Gasteiger partial charge is 0.487 e. The number of hydrogen-bond donors (Lipinski definition) is 3. The lowest BCUT2D eigenvalue weighted by Gasteiger charge is -2.22. The Labute approximate surface area is 183 Å². The van der Waals surface area contributed by atoms with Gasteiger partial charge in [-0.2, -0.15) is 0 Å². The zero-order chi connectivity index (χ0) is 22.1. The van der Waals surface area contributed by atoms with E-state index in [1.807, 2.05) is 62.4 Å². The summed E-state index contributed by atoms with van der Waals surface area (Å²) in [5.41, 5.74) is 0.747. The average molecular weight is 423 g/mol. The first kappa shape index (κ1) is 22.4. The minimum Gasteiger partial charge on any atom is -0.487 e. The van der Waals surface area contributed by atoms with Gasteiger partial charge in [-0.1, -0.05) is 18.2 Å². The predicted molar refractivity (Wildman–Crippen MR) is 121 cm³/mol. The molecule has 0 amide bonds. The van der Waals surface area contributed by atoms with E-state index in [9.17, 15) is 5.11 Å². The van der Waals surface area contributed by atoms with Crippen LogP contribution in [0.1, 0.15) is 36.6 Å². The van der Waals surface area contributed by atoms with Gasteiger partial charge in [0.25, 0.3) is 0 Å². The van der Waals surface area contributed by atoms with Gasteiger partial charge in [0.1, 0.15) is 29.5 Å². The van der Waals surface area contributed by atoms with Gasteiger partial charge in [-0.3, -0.25) is 4.98 Å². The molecule has 2 aromatic heterocycles. The molecule has 7 nitrogen and oxygen atoms in total. The van der Waals surface area contributed by atoms with Crippen molar-refractivity contribution in [2.45, 2.75) is 39.5 Å². The van der Waals surface area contributed by atoms with Crippen LogP contribution < -0.4 is 15.4 Å². The molecule has 3 N–H and O–H groups in total. The van der Waals surface area contributed by atoms with E-state index in [0.29, 0.717) is 31.4 Å². The van der Waals surface area contributed by atoms with E-state index in [4.69, 9.17) is 9.15 Å². The van der Waals surface area contributed by atoms with Gasteiger partial charge in [-0.25, -0.2) is 4.99 Å². The van der Waals surface area contributed by atoms with Gasteiger partial charge in [0, 0.05) is 12.7 Å². The van der Waals surface area contributed by atoms with Crippen LogP contribution in [-0.2, 0) is 18.8 Å². The minimum absolute atomic E-state index is 0.263. The molecular formula is C24H30N4O3. The maximum absolute atomic E-state index is 10.7. The van der Waals surface area contributed by atoms with Crippen molar-refractivity contribution in [3.8, 4) is 5.75 Å². The number of nitrogens with one attached hydrogen (secondary N) is 2. The van der Waals surface area contributed by atoms with Crippen LogP contribution in [0.15, 0.2) is 70.2 Å². The Kier molecular flexibility index (Phi) is 7.67. The van der Waals surface area contributed by atoms with Crippen molar-refractivity contribution in [2.24, 2.45) is 4.99 Å². The minimum atomic E-state index is -1.15. The molecule has 1 unspecified atom stereocenters. The summed E-state index contributed by atoms with van der Waals surface area (Å²) in [5, 5.41) is 17.1. The Morgan fingerprint density at radius 3 is 2.74 bits per heavy atom. The molecule has 31 heavy (non-hydrogen) atoms. The molecule has 0 bridgehead atoms. The van der Waals surface area contributed by atoms with E-state index in [-0.39, 0.29) is 6.54 Å². The van der Waals surface area contributed by atoms with Crippen molar-refractivity contribution in [2.75, 3.05) is 13.1 Å². The fourth-order valence-electron chi connectivity index (χ4n) is 2.95. The Morgan fingerprint density at radius 2 is 2.03 bits per heavy atom. The summed E-state index contributed by atoms with van der Waals surface area (Å²) in [6.45, 7) is 7.42. The highest BCUT2D eigenvalue weighted by Crippen LogP contribution is 2.22. The summed E-state index contributed by atoms with van der Waals surface area (Å²) in [7, 11) is 0. The van der Waals surface area contributed by atoms with Gasteiger partial charge < -0.3 is 24.9 Å². The number of aromatic nitrogens is 1. The fourth-order valence-corrected chi connectivity index (χ4v) is 2.95. The van der Waals surface area contributed by atoms with E-state index < -0.39 is 5.60 Å². The van der Waals surface area contributed by atoms with Crippen LogP contribution in [0.25, 0.3) is 0 Å². The molecule has 0 saturated heterocycles. The van der Waals surface area contributed by atoms with E-state index >= 15 is 0 Å². The maximum Gasteiger partial charge on any atom is 0.191 e. The Balaban J connectivity index is 1.59. The summed E-state index contributed by atoms with van der Waals surface area (Å²) in [5.74, 6) is 2.67. The maximum atomic E-state index is 10.7. The molecule has 164 valence electrons. The first-order valence-electron chi connectivity index (χ1n) is 10.4. The number of aliphatic imine (C=N–C) groups is 1. The molecule has 3 rings (SSSR count). The van der Waals surface area contributed by atoms with Crippen LogP contribution in [0, 0.1) is 6.92 Å². The summed E-state index contributed by atoms with van der Waals surface area (Å²) in [6, 6.07) is 17.2. The first-order valence-corrected chi connectivity index (χ1v) is 10.4. The van der Waals surface area contributed by atoms with E-state index in [1.165, 1.54) is 0 Å². The van der Waals surface area contributed by atoms with Crippen molar-refractivity contribution in [3.63, 3.8) is 0 Å². The number of ether oxygens (including phenoxy) is 1. The number of aliphatic hydroxyl groups is 1. The SMILES string of the molecule is CCNC(=NCc1cccc(OCc2ccccn2)c1)NCC(C)(O)c1ccc(C)o1. The molecule has 0 radical (unpaired) electrons. The Hall–Kier alpha value is -3.32. The molecule has 7 heteroatoms. The monoisotopic (exact) mass is 422 g/mol. The van der Waals surface area contributed by atoms with Gasteiger partial charge in [-0.05, 0) is 62.7 Å². The van der Waals surface area contributed by atoms with Crippen molar-refractivity contribution in [1.29, 1.82) is 0 Å². The molecule has 0 fully saturated rings. The standard InChI is InChI=1S/C24H30N4O3/c1-4-25-23(28-17-24(3,29)22-12-11-18(2)31-22)27-15-19-8-7-10-21(14-19)30-16-20-9-5-6-13-26-20/h5-14,29H,4,15-17H2,1-3H3,(H2,25,27,28). The normalized spacial score (nSPS) is 13.5. The predicted octanol–water partition coefficient (Wildman–Crippen LogP) is 3.52. The number of aryl methyl sites for hydroxylation is 1. The molecule has 0 aliphatic carbocycles. The highest BCUT2D eigenvalue weighted by Gasteiger charge is 2.27. The second kappa shape index (κ2) is 10.6. The fraction of sp³-hybridized carbons (Fsp3) is 0.333. The summed E-state index contributed by atoms with van der Waals surface area (Å²) < 4.78 is 11.4. The number of benzene rings is 1. The van der Waals surface area contributed by atoms with Crippen LogP contribution in [0.4, 0.5) is 0 Å². The van der Waals surface area contributed by atoms with Gasteiger partial charge >= 0.3 is 0 Å². The summed E-state index contributed by atoms with van der Waals surface area (Å²) in [4.78, 5) is 8.90. The lowest BCUT2D eigenvalue weighted by molar-refractivity contribution is 0.0378. The van der Waals surface area contributed by atoms with Crippen molar-refractivity contribution in [3.05, 3.63) is 83.6 Å². The smallest absolute Gasteiger partial charge is 0.191 e. The van der Waals surface area contributed by atoms with Crippen LogP contribution >= 0.6 is 0 Å². The molecule has 0 aliphatic rings. The van der Waals surface area contributed by atoms with Gasteiger partial charge in [-0.15, -0.1) is 0 Å². The van der Waals surface area contributed by atoms with Crippen LogP contribution in [-0.4, -0.2) is 29.1 Å². The quantitative estimate of drug-likeness (QED) is 0.361. The molecule has 1 aromatic carbocycles. The van der Waals surface area contributed by atoms with Crippen LogP contribution in [0.3, 0.4) is 0 Å². The highest BCUT2D eigenvalue weighted by atomic mass is 16.5. The Morgan fingerprint density at radius 1 is 1.16 bits per heavy atom. The number of pyridine rings is 1. The van der Waals surface area contributed by atoms with Crippen molar-refractivity contribution < 1.29 is 14.3 Å². The average Bonchev–Trinajstić information content (AvgIpc) is 3.23. The molecule has 1 atom stereocenters. The topological polar surface area (TPSA) is 91.9 Å². The number of furan rings is 1. The number of hydrogen-bond acceptors (Lipinski definition) is 5. The number of guanidine groups is 1. The highest BCUT2D eigenvalue weighted by molar-refractivity contribution is 5.79. The molecule has 0 aliphatic heterocycles. The number of nitrogens with zero attached hydrogens (tertiary/aromatic N) is 2. The molecule has 3 aromatic rings. The second-order valence-electron chi connectivity index (χ2n) is 7.49. The zero-order valence-corrected chi connectivity index (χ0v) is 18.3. The van der Waals surface area contributed by atoms with E-state index in [0.717, 1.165) is 22.8 Å². The lowest BCUT2D eigenvalue weighted by Crippen LogP contribution is -2.44. The number of rotatable bonds is 9. The first-order chi connectivity index (χ1) is 15.0. The van der Waals surface area contributed by atoms with Gasteiger partial charge in [0.05, 0.1) is 18.8 Å². The third-order valence-corrected chi connectivity index (χ3v) is 4.65. The third kappa shape index (κ3) is 6.86. The van der Waals surface area contributed by atoms with Crippen LogP contribution in [0.2, 0.25) is 0 Å². The zero-order valence-electron chi connectivity index (χ0n) is 18.3. The lowest BCUT2D eigenvalue weighted by atomic mass is 10.0. The van der Waals surface area contributed by atoms with E-state index in [1.54, 1.807) is 19.2 Å². The molecule has 0 spiro atoms. The summed E-state index contributed by atoms with van der Waals surface area (Å²) >= 11 is 0. The Bertz CT molecular complexity index is 983. The van der Waals surface area contributed by atoms with Crippen LogP contribution in [0.5, 0.6) is 5.75 Å². The second-order valence-corrected chi connectivity index (χ2v) is 7.49. The molecular weight excluding hydrogens is 392 g/mol. The van der Waals surface area contributed by atoms with Gasteiger partial charge in [0.15, 0.2) is 5.96 Å². The van der Waals surface area contributed by atoms with Crippen molar-refractivity contribution in [1.82, 2.24) is 15.6 Å². The third-order valence-electron chi connectivity index (χ3n) is 4.65. The molecule has 0 saturated carbocycles.